The second-order valence-corrected chi connectivity index (χ2v) is 12.0. The Kier molecular flexibility index (Phi) is 10.3. The van der Waals surface area contributed by atoms with Crippen molar-refractivity contribution < 1.29 is 24.2 Å². The van der Waals surface area contributed by atoms with Crippen LogP contribution in [0.4, 0.5) is 10.5 Å². The first-order valence-corrected chi connectivity index (χ1v) is 16.1. The van der Waals surface area contributed by atoms with Crippen molar-refractivity contribution in [3.63, 3.8) is 0 Å². The molecule has 1 fully saturated rings. The maximum atomic E-state index is 13.9. The van der Waals surface area contributed by atoms with Gasteiger partial charge in [-0.05, 0) is 72.1 Å². The first-order valence-electron chi connectivity index (χ1n) is 16.1. The molecule has 8 heteroatoms. The SMILES string of the molecule is O=C(O)NC(C(=O)Nc1ccccc1CC[C@@H]1CNC[C@@H](COc2cccc3c2CCC3)O1)C(c1ccccc1)c1ccccc1. The molecule has 1 aliphatic heterocycles. The second-order valence-electron chi connectivity index (χ2n) is 12.0. The van der Waals surface area contributed by atoms with Crippen molar-refractivity contribution in [2.24, 2.45) is 0 Å². The quantitative estimate of drug-likeness (QED) is 0.156. The molecule has 4 aromatic rings. The number of para-hydroxylation sites is 1. The van der Waals surface area contributed by atoms with Crippen molar-refractivity contribution in [2.45, 2.75) is 56.3 Å². The van der Waals surface area contributed by atoms with Gasteiger partial charge >= 0.3 is 6.09 Å². The highest BCUT2D eigenvalue weighted by molar-refractivity contribution is 5.98. The number of ether oxygens (including phenoxy) is 2. The molecule has 3 atom stereocenters. The molecule has 0 aromatic heterocycles. The Morgan fingerprint density at radius 1 is 0.848 bits per heavy atom. The van der Waals surface area contributed by atoms with E-state index in [2.05, 4.69) is 34.1 Å². The van der Waals surface area contributed by atoms with Gasteiger partial charge in [0.25, 0.3) is 0 Å². The summed E-state index contributed by atoms with van der Waals surface area (Å²) in [5.74, 6) is 0.0269. The van der Waals surface area contributed by atoms with E-state index in [1.165, 1.54) is 17.5 Å². The molecule has 1 heterocycles. The highest BCUT2D eigenvalue weighted by Gasteiger charge is 2.33. The van der Waals surface area contributed by atoms with Crippen LogP contribution in [0.2, 0.25) is 0 Å². The number of rotatable bonds is 12. The number of hydrogen-bond donors (Lipinski definition) is 4. The number of amides is 2. The van der Waals surface area contributed by atoms with Crippen LogP contribution in [0.5, 0.6) is 5.75 Å². The van der Waals surface area contributed by atoms with E-state index in [1.54, 1.807) is 0 Å². The third-order valence-electron chi connectivity index (χ3n) is 8.88. The molecule has 2 amide bonds. The number of aryl methyl sites for hydroxylation is 2. The number of nitrogens with one attached hydrogen (secondary N) is 3. The topological polar surface area (TPSA) is 109 Å². The van der Waals surface area contributed by atoms with Gasteiger partial charge in [0.1, 0.15) is 24.5 Å². The van der Waals surface area contributed by atoms with Crippen LogP contribution >= 0.6 is 0 Å². The summed E-state index contributed by atoms with van der Waals surface area (Å²) >= 11 is 0. The molecule has 238 valence electrons. The third kappa shape index (κ3) is 7.76. The standard InChI is InChI=1S/C38H41N3O5/c42-37(36(41-38(43)44)35(28-12-3-1-4-13-28)29-14-5-2-6-15-29)40-33-19-8-7-11-27(33)21-22-30-23-39-24-31(46-30)25-45-34-20-10-17-26-16-9-18-32(26)34/h1-8,10-15,17,19-20,30-31,35-36,39,41H,9,16,18,21-25H2,(H,40,42)(H,43,44)/t30-,31+,36?/m1/s1. The Morgan fingerprint density at radius 2 is 1.54 bits per heavy atom. The summed E-state index contributed by atoms with van der Waals surface area (Å²) in [4.78, 5) is 25.9. The molecule has 0 bridgehead atoms. The minimum absolute atomic E-state index is 0.00503. The average molecular weight is 620 g/mol. The molecule has 8 nitrogen and oxygen atoms in total. The molecule has 4 aromatic carbocycles. The van der Waals surface area contributed by atoms with E-state index in [1.807, 2.05) is 84.9 Å². The summed E-state index contributed by atoms with van der Waals surface area (Å²) in [5, 5.41) is 18.8. The number of carboxylic acid groups (broad SMARTS) is 1. The Labute approximate surface area is 270 Å². The van der Waals surface area contributed by atoms with Crippen LogP contribution in [0.3, 0.4) is 0 Å². The molecule has 1 saturated heterocycles. The fraction of sp³-hybridized carbons (Fsp3) is 0.316. The summed E-state index contributed by atoms with van der Waals surface area (Å²) in [6, 6.07) is 32.0. The highest BCUT2D eigenvalue weighted by atomic mass is 16.5. The van der Waals surface area contributed by atoms with Gasteiger partial charge in [-0.3, -0.25) is 4.79 Å². The van der Waals surface area contributed by atoms with Crippen molar-refractivity contribution in [1.29, 1.82) is 0 Å². The molecule has 1 aliphatic carbocycles. The summed E-state index contributed by atoms with van der Waals surface area (Å²) in [5.41, 5.74) is 6.03. The van der Waals surface area contributed by atoms with E-state index in [9.17, 15) is 14.7 Å². The van der Waals surface area contributed by atoms with E-state index in [0.29, 0.717) is 18.7 Å². The van der Waals surface area contributed by atoms with E-state index in [0.717, 1.165) is 54.8 Å². The van der Waals surface area contributed by atoms with E-state index in [4.69, 9.17) is 9.47 Å². The first kappa shape index (κ1) is 31.3. The Hall–Kier alpha value is -4.66. The van der Waals surface area contributed by atoms with Gasteiger partial charge in [0.2, 0.25) is 5.91 Å². The normalized spacial score (nSPS) is 18.0. The average Bonchev–Trinajstić information content (AvgIpc) is 3.58. The molecule has 6 rings (SSSR count). The van der Waals surface area contributed by atoms with Crippen LogP contribution in [-0.4, -0.2) is 55.1 Å². The monoisotopic (exact) mass is 619 g/mol. The molecule has 0 saturated carbocycles. The van der Waals surface area contributed by atoms with Gasteiger partial charge in [-0.1, -0.05) is 91.0 Å². The molecule has 0 radical (unpaired) electrons. The van der Waals surface area contributed by atoms with Crippen LogP contribution in [0.15, 0.2) is 103 Å². The van der Waals surface area contributed by atoms with Gasteiger partial charge in [-0.15, -0.1) is 0 Å². The lowest BCUT2D eigenvalue weighted by Gasteiger charge is -2.31. The summed E-state index contributed by atoms with van der Waals surface area (Å²) in [6.07, 6.45) is 3.48. The first-order chi connectivity index (χ1) is 22.5. The predicted molar refractivity (Wildman–Crippen MR) is 179 cm³/mol. The zero-order chi connectivity index (χ0) is 31.7. The van der Waals surface area contributed by atoms with Gasteiger partial charge in [0.05, 0.1) is 6.10 Å². The van der Waals surface area contributed by atoms with Gasteiger partial charge in [0, 0.05) is 24.7 Å². The fourth-order valence-electron chi connectivity index (χ4n) is 6.66. The van der Waals surface area contributed by atoms with Crippen molar-refractivity contribution in [1.82, 2.24) is 10.6 Å². The van der Waals surface area contributed by atoms with Crippen molar-refractivity contribution in [3.8, 4) is 5.75 Å². The maximum Gasteiger partial charge on any atom is 0.405 e. The molecule has 46 heavy (non-hydrogen) atoms. The number of anilines is 1. The van der Waals surface area contributed by atoms with Gasteiger partial charge in [0.15, 0.2) is 0 Å². The van der Waals surface area contributed by atoms with E-state index in [-0.39, 0.29) is 12.2 Å². The Balaban J connectivity index is 1.11. The van der Waals surface area contributed by atoms with Crippen molar-refractivity contribution in [2.75, 3.05) is 25.0 Å². The lowest BCUT2D eigenvalue weighted by Crippen LogP contribution is -2.47. The lowest BCUT2D eigenvalue weighted by molar-refractivity contribution is -0.118. The van der Waals surface area contributed by atoms with Crippen molar-refractivity contribution in [3.05, 3.63) is 131 Å². The highest BCUT2D eigenvalue weighted by Crippen LogP contribution is 2.32. The van der Waals surface area contributed by atoms with Crippen LogP contribution in [-0.2, 0) is 28.8 Å². The molecule has 1 unspecified atom stereocenters. The minimum Gasteiger partial charge on any atom is -0.491 e. The number of hydrogen-bond acceptors (Lipinski definition) is 5. The zero-order valence-corrected chi connectivity index (χ0v) is 25.9. The van der Waals surface area contributed by atoms with E-state index >= 15 is 0 Å². The summed E-state index contributed by atoms with van der Waals surface area (Å²) < 4.78 is 12.7. The second kappa shape index (κ2) is 15.1. The minimum atomic E-state index is -1.26. The van der Waals surface area contributed by atoms with Crippen LogP contribution < -0.4 is 20.7 Å². The number of carbonyl (C=O) groups excluding carboxylic acids is 1. The number of fused-ring (bicyclic) bond motifs is 1. The van der Waals surface area contributed by atoms with E-state index < -0.39 is 24.0 Å². The maximum absolute atomic E-state index is 13.9. The smallest absolute Gasteiger partial charge is 0.405 e. The lowest BCUT2D eigenvalue weighted by atomic mass is 9.84. The summed E-state index contributed by atoms with van der Waals surface area (Å²) in [6.45, 7) is 1.97. The predicted octanol–water partition coefficient (Wildman–Crippen LogP) is 5.95. The Morgan fingerprint density at radius 3 is 2.28 bits per heavy atom. The van der Waals surface area contributed by atoms with Crippen LogP contribution in [0, 0.1) is 0 Å². The van der Waals surface area contributed by atoms with Gasteiger partial charge < -0.3 is 30.5 Å². The van der Waals surface area contributed by atoms with Crippen LogP contribution in [0.25, 0.3) is 0 Å². The molecular weight excluding hydrogens is 578 g/mol. The third-order valence-corrected chi connectivity index (χ3v) is 8.88. The van der Waals surface area contributed by atoms with Crippen molar-refractivity contribution >= 4 is 17.7 Å². The largest absolute Gasteiger partial charge is 0.491 e. The number of morpholine rings is 1. The Bertz CT molecular complexity index is 1570. The number of carbonyl (C=O) groups is 2. The molecule has 4 N–H and O–H groups in total. The molecule has 2 aliphatic rings. The fourth-order valence-corrected chi connectivity index (χ4v) is 6.66. The van der Waals surface area contributed by atoms with Gasteiger partial charge in [-0.2, -0.15) is 0 Å². The summed E-state index contributed by atoms with van der Waals surface area (Å²) in [7, 11) is 0. The number of benzene rings is 4. The van der Waals surface area contributed by atoms with Crippen LogP contribution in [0.1, 0.15) is 46.6 Å². The molecule has 0 spiro atoms. The zero-order valence-electron chi connectivity index (χ0n) is 25.9. The molecular formula is C38H41N3O5. The van der Waals surface area contributed by atoms with Gasteiger partial charge in [-0.25, -0.2) is 4.79 Å².